The van der Waals surface area contributed by atoms with Crippen LogP contribution in [0.25, 0.3) is 0 Å². The van der Waals surface area contributed by atoms with Crippen molar-refractivity contribution in [2.24, 2.45) is 5.92 Å². The van der Waals surface area contributed by atoms with Gasteiger partial charge < -0.3 is 4.90 Å². The Kier molecular flexibility index (Phi) is 1.69. The normalized spacial score (nSPS) is 40.5. The summed E-state index contributed by atoms with van der Waals surface area (Å²) >= 11 is 0. The molecule has 2 aliphatic heterocycles. The van der Waals surface area contributed by atoms with Crippen LogP contribution >= 0.6 is 0 Å². The Morgan fingerprint density at radius 1 is 1.50 bits per heavy atom. The van der Waals surface area contributed by atoms with Gasteiger partial charge in [-0.15, -0.1) is 0 Å². The second-order valence-electron chi connectivity index (χ2n) is 3.80. The fourth-order valence-electron chi connectivity index (χ4n) is 2.49. The van der Waals surface area contributed by atoms with Gasteiger partial charge in [-0.1, -0.05) is 13.3 Å². The first-order valence-electron chi connectivity index (χ1n) is 4.64. The van der Waals surface area contributed by atoms with Crippen LogP contribution in [0.5, 0.6) is 0 Å². The Bertz CT molecular complexity index is 110. The van der Waals surface area contributed by atoms with E-state index in [1.165, 1.54) is 38.8 Å². The van der Waals surface area contributed by atoms with Gasteiger partial charge in [-0.3, -0.25) is 0 Å². The molecule has 2 heterocycles. The highest BCUT2D eigenvalue weighted by Gasteiger charge is 2.33. The van der Waals surface area contributed by atoms with Crippen molar-refractivity contribution in [3.8, 4) is 0 Å². The third kappa shape index (κ3) is 0.968. The van der Waals surface area contributed by atoms with Gasteiger partial charge in [-0.25, -0.2) is 0 Å². The molecule has 0 aromatic heterocycles. The molecule has 58 valence electrons. The molecule has 2 saturated heterocycles. The second-order valence-corrected chi connectivity index (χ2v) is 3.80. The monoisotopic (exact) mass is 139 g/mol. The lowest BCUT2D eigenvalue weighted by Crippen LogP contribution is -2.22. The van der Waals surface area contributed by atoms with Gasteiger partial charge in [-0.05, 0) is 31.7 Å². The molecule has 1 nitrogen and oxygen atoms in total. The van der Waals surface area contributed by atoms with Crippen LogP contribution in [0, 0.1) is 5.92 Å². The molecular formula is C9H17N. The number of nitrogens with zero attached hydrogens (tertiary/aromatic N) is 1. The average Bonchev–Trinajstić information content (AvgIpc) is 2.42. The Morgan fingerprint density at radius 2 is 2.40 bits per heavy atom. The van der Waals surface area contributed by atoms with Crippen LogP contribution in [0.4, 0.5) is 0 Å². The lowest BCUT2D eigenvalue weighted by atomic mass is 10.0. The van der Waals surface area contributed by atoms with Gasteiger partial charge in [0.25, 0.3) is 0 Å². The number of rotatable bonds is 1. The molecule has 0 aromatic rings. The van der Waals surface area contributed by atoms with Crippen LogP contribution < -0.4 is 0 Å². The van der Waals surface area contributed by atoms with Crippen LogP contribution in [0.3, 0.4) is 0 Å². The summed E-state index contributed by atoms with van der Waals surface area (Å²) < 4.78 is 0. The largest absolute Gasteiger partial charge is 0.300 e. The predicted octanol–water partition coefficient (Wildman–Crippen LogP) is 1.88. The minimum Gasteiger partial charge on any atom is -0.300 e. The summed E-state index contributed by atoms with van der Waals surface area (Å²) in [5.74, 6) is 1.03. The molecule has 1 heteroatoms. The number of fused-ring (bicyclic) bond motifs is 1. The zero-order valence-electron chi connectivity index (χ0n) is 6.84. The van der Waals surface area contributed by atoms with Crippen LogP contribution in [-0.4, -0.2) is 24.0 Å². The van der Waals surface area contributed by atoms with Gasteiger partial charge in [0.15, 0.2) is 0 Å². The highest BCUT2D eigenvalue weighted by atomic mass is 15.2. The zero-order valence-corrected chi connectivity index (χ0v) is 6.84. The van der Waals surface area contributed by atoms with Crippen molar-refractivity contribution in [3.05, 3.63) is 0 Å². The summed E-state index contributed by atoms with van der Waals surface area (Å²) in [7, 11) is 0. The van der Waals surface area contributed by atoms with E-state index in [4.69, 9.17) is 0 Å². The predicted molar refractivity (Wildman–Crippen MR) is 43.0 cm³/mol. The summed E-state index contributed by atoms with van der Waals surface area (Å²) in [5.41, 5.74) is 0. The van der Waals surface area contributed by atoms with E-state index in [9.17, 15) is 0 Å². The molecule has 0 saturated carbocycles. The minimum absolute atomic E-state index is 0.991. The molecule has 0 spiro atoms. The Morgan fingerprint density at radius 3 is 3.10 bits per heavy atom. The van der Waals surface area contributed by atoms with E-state index in [2.05, 4.69) is 11.8 Å². The highest BCUT2D eigenvalue weighted by Crippen LogP contribution is 2.32. The fourth-order valence-corrected chi connectivity index (χ4v) is 2.49. The minimum atomic E-state index is 0.991. The van der Waals surface area contributed by atoms with Gasteiger partial charge in [-0.2, -0.15) is 0 Å². The summed E-state index contributed by atoms with van der Waals surface area (Å²) in [5, 5.41) is 0. The lowest BCUT2D eigenvalue weighted by Gasteiger charge is -2.12. The Labute approximate surface area is 63.4 Å². The first-order chi connectivity index (χ1) is 4.90. The topological polar surface area (TPSA) is 3.24 Å². The summed E-state index contributed by atoms with van der Waals surface area (Å²) in [6.07, 6.45) is 5.83. The molecule has 2 aliphatic rings. The molecule has 0 bridgehead atoms. The fraction of sp³-hybridized carbons (Fsp3) is 1.00. The smallest absolute Gasteiger partial charge is 0.00989 e. The summed E-state index contributed by atoms with van der Waals surface area (Å²) in [6, 6.07) is 0.991. The highest BCUT2D eigenvalue weighted by molar-refractivity contribution is 4.88. The molecular weight excluding hydrogens is 122 g/mol. The molecule has 0 N–H and O–H groups in total. The maximum Gasteiger partial charge on any atom is 0.00989 e. The molecule has 2 atom stereocenters. The average molecular weight is 139 g/mol. The van der Waals surface area contributed by atoms with Crippen molar-refractivity contribution in [3.63, 3.8) is 0 Å². The van der Waals surface area contributed by atoms with Gasteiger partial charge >= 0.3 is 0 Å². The van der Waals surface area contributed by atoms with Crippen LogP contribution in [0.15, 0.2) is 0 Å². The standard InChI is InChI=1S/C9H17N/c1-2-8-6-9-4-3-5-10(9)7-8/h8-9H,2-7H2,1H3. The number of hydrogen-bond donors (Lipinski definition) is 0. The second kappa shape index (κ2) is 2.54. The van der Waals surface area contributed by atoms with Crippen molar-refractivity contribution < 1.29 is 0 Å². The molecule has 0 aromatic carbocycles. The summed E-state index contributed by atoms with van der Waals surface area (Å²) in [4.78, 5) is 2.69. The molecule has 10 heavy (non-hydrogen) atoms. The SMILES string of the molecule is CCC1CC2CCCN2C1. The Balaban J connectivity index is 1.94. The van der Waals surface area contributed by atoms with Crippen LogP contribution in [0.1, 0.15) is 32.6 Å². The van der Waals surface area contributed by atoms with E-state index < -0.39 is 0 Å². The van der Waals surface area contributed by atoms with E-state index in [0.717, 1.165) is 12.0 Å². The van der Waals surface area contributed by atoms with Gasteiger partial charge in [0.1, 0.15) is 0 Å². The van der Waals surface area contributed by atoms with Gasteiger partial charge in [0.05, 0.1) is 0 Å². The third-order valence-corrected chi connectivity index (χ3v) is 3.17. The van der Waals surface area contributed by atoms with Crippen molar-refractivity contribution >= 4 is 0 Å². The molecule has 0 radical (unpaired) electrons. The Hall–Kier alpha value is -0.0400. The van der Waals surface area contributed by atoms with Crippen molar-refractivity contribution in [2.75, 3.05) is 13.1 Å². The van der Waals surface area contributed by atoms with E-state index in [1.54, 1.807) is 0 Å². The van der Waals surface area contributed by atoms with E-state index in [0.29, 0.717) is 0 Å². The number of hydrogen-bond acceptors (Lipinski definition) is 1. The third-order valence-electron chi connectivity index (χ3n) is 3.17. The molecule has 0 amide bonds. The van der Waals surface area contributed by atoms with Crippen molar-refractivity contribution in [2.45, 2.75) is 38.6 Å². The molecule has 2 unspecified atom stereocenters. The van der Waals surface area contributed by atoms with Gasteiger partial charge in [0.2, 0.25) is 0 Å². The molecule has 2 fully saturated rings. The maximum atomic E-state index is 2.69. The maximum absolute atomic E-state index is 2.69. The van der Waals surface area contributed by atoms with E-state index in [1.807, 2.05) is 0 Å². The van der Waals surface area contributed by atoms with Gasteiger partial charge in [0, 0.05) is 12.6 Å². The summed E-state index contributed by atoms with van der Waals surface area (Å²) in [6.45, 7) is 5.12. The first-order valence-corrected chi connectivity index (χ1v) is 4.64. The van der Waals surface area contributed by atoms with Crippen molar-refractivity contribution in [1.29, 1.82) is 0 Å². The quantitative estimate of drug-likeness (QED) is 0.536. The lowest BCUT2D eigenvalue weighted by molar-refractivity contribution is 0.317. The van der Waals surface area contributed by atoms with Crippen LogP contribution in [-0.2, 0) is 0 Å². The first kappa shape index (κ1) is 6.66. The molecule has 2 rings (SSSR count). The van der Waals surface area contributed by atoms with Crippen molar-refractivity contribution in [1.82, 2.24) is 4.90 Å². The van der Waals surface area contributed by atoms with E-state index in [-0.39, 0.29) is 0 Å². The molecule has 0 aliphatic carbocycles. The van der Waals surface area contributed by atoms with E-state index >= 15 is 0 Å². The zero-order chi connectivity index (χ0) is 6.97. The van der Waals surface area contributed by atoms with Crippen LogP contribution in [0.2, 0.25) is 0 Å².